The predicted octanol–water partition coefficient (Wildman–Crippen LogP) is 24.1. The number of carboxylic acid groups (broad SMARTS) is 1. The second-order valence-corrected chi connectivity index (χ2v) is 27.6. The highest BCUT2D eigenvalue weighted by Crippen LogP contribution is 2.19. The maximum absolute atomic E-state index is 13.0. The van der Waals surface area contributed by atoms with Gasteiger partial charge in [0.05, 0.1) is 40.3 Å². The van der Waals surface area contributed by atoms with Crippen molar-refractivity contribution in [1.82, 2.24) is 0 Å². The van der Waals surface area contributed by atoms with Gasteiger partial charge in [-0.15, -0.1) is 0 Å². The first kappa shape index (κ1) is 90.7. The van der Waals surface area contributed by atoms with Crippen molar-refractivity contribution in [1.29, 1.82) is 0 Å². The van der Waals surface area contributed by atoms with Gasteiger partial charge in [-0.05, 0) is 103 Å². The zero-order valence-corrected chi connectivity index (χ0v) is 62.5. The SMILES string of the molecule is CC/C=C\C/C=C\C/C=C\C/C=C\C/C=C\C/C=C\CCCCCCCCCCCCCCC(=O)OC(COC(=O)CCCCCCCCCCCCCCCCCCCCCCCCCCCC/C=C\C/C=C\C/C=C\C/C=C\CC)COC(OCC[N+](C)(C)C)C(=O)[O-]. The van der Waals surface area contributed by atoms with E-state index in [0.29, 0.717) is 23.9 Å². The smallest absolute Gasteiger partial charge is 0.306 e. The first-order valence-electron chi connectivity index (χ1n) is 39.7. The van der Waals surface area contributed by atoms with Gasteiger partial charge in [-0.25, -0.2) is 0 Å². The van der Waals surface area contributed by atoms with Crippen LogP contribution in [0.2, 0.25) is 0 Å². The first-order valence-corrected chi connectivity index (χ1v) is 39.7. The number of ether oxygens (including phenoxy) is 4. The van der Waals surface area contributed by atoms with Gasteiger partial charge >= 0.3 is 11.9 Å². The molecule has 0 rings (SSSR count). The van der Waals surface area contributed by atoms with Crippen molar-refractivity contribution in [2.45, 2.75) is 360 Å². The van der Waals surface area contributed by atoms with E-state index in [0.717, 1.165) is 103 Å². The first-order chi connectivity index (χ1) is 46.6. The number of aliphatic carboxylic acids is 1. The Morgan fingerprint density at radius 2 is 0.568 bits per heavy atom. The maximum atomic E-state index is 13.0. The summed E-state index contributed by atoms with van der Waals surface area (Å²) in [6.07, 6.45) is 105. The third-order valence-electron chi connectivity index (χ3n) is 17.2. The van der Waals surface area contributed by atoms with Gasteiger partial charge in [0.15, 0.2) is 12.4 Å². The van der Waals surface area contributed by atoms with Crippen molar-refractivity contribution in [2.75, 3.05) is 47.5 Å². The summed E-state index contributed by atoms with van der Waals surface area (Å²) in [5, 5.41) is 11.9. The summed E-state index contributed by atoms with van der Waals surface area (Å²) in [6, 6.07) is 0. The van der Waals surface area contributed by atoms with E-state index in [4.69, 9.17) is 18.9 Å². The fourth-order valence-electron chi connectivity index (χ4n) is 11.2. The molecule has 546 valence electrons. The summed E-state index contributed by atoms with van der Waals surface area (Å²) in [5.74, 6) is -2.27. The second-order valence-electron chi connectivity index (χ2n) is 27.6. The quantitative estimate of drug-likeness (QED) is 0.0195. The molecular weight excluding hydrogens is 1170 g/mol. The van der Waals surface area contributed by atoms with Gasteiger partial charge in [0.25, 0.3) is 0 Å². The molecule has 0 radical (unpaired) electrons. The van der Waals surface area contributed by atoms with Gasteiger partial charge < -0.3 is 33.3 Å². The van der Waals surface area contributed by atoms with Crippen LogP contribution >= 0.6 is 0 Å². The number of nitrogens with zero attached hydrogens (tertiary/aromatic N) is 1. The molecule has 0 aliphatic carbocycles. The van der Waals surface area contributed by atoms with Crippen molar-refractivity contribution >= 4 is 17.9 Å². The summed E-state index contributed by atoms with van der Waals surface area (Å²) < 4.78 is 22.9. The maximum Gasteiger partial charge on any atom is 0.306 e. The zero-order chi connectivity index (χ0) is 69.0. The lowest BCUT2D eigenvalue weighted by Crippen LogP contribution is -2.44. The molecule has 2 atom stereocenters. The Morgan fingerprint density at radius 1 is 0.316 bits per heavy atom. The third-order valence-corrected chi connectivity index (χ3v) is 17.2. The van der Waals surface area contributed by atoms with Gasteiger partial charge in [-0.1, -0.05) is 354 Å². The highest BCUT2D eigenvalue weighted by Gasteiger charge is 2.22. The molecule has 0 heterocycles. The van der Waals surface area contributed by atoms with Crippen LogP contribution in [0.1, 0.15) is 348 Å². The van der Waals surface area contributed by atoms with Crippen LogP contribution in [0.25, 0.3) is 0 Å². The Bertz CT molecular complexity index is 1980. The van der Waals surface area contributed by atoms with Crippen LogP contribution in [0.4, 0.5) is 0 Å². The molecule has 9 heteroatoms. The number of esters is 2. The molecule has 0 aromatic carbocycles. The number of carbonyl (C=O) groups excluding carboxylic acids is 3. The molecule has 95 heavy (non-hydrogen) atoms. The van der Waals surface area contributed by atoms with Crippen LogP contribution in [0, 0.1) is 0 Å². The predicted molar refractivity (Wildman–Crippen MR) is 407 cm³/mol. The molecule has 0 aliphatic rings. The van der Waals surface area contributed by atoms with E-state index in [1.165, 1.54) is 212 Å². The Balaban J connectivity index is 4.00. The van der Waals surface area contributed by atoms with Gasteiger partial charge in [0.1, 0.15) is 13.2 Å². The van der Waals surface area contributed by atoms with E-state index >= 15 is 0 Å². The summed E-state index contributed by atoms with van der Waals surface area (Å²) in [6.45, 7) is 4.55. The Labute approximate surface area is 587 Å². The number of likely N-dealkylation sites (N-methyl/N-ethyl adjacent to an activating group) is 1. The molecule has 0 fully saturated rings. The number of allylic oxidation sites excluding steroid dienone is 20. The number of rotatable bonds is 73. The Hall–Kier alpha value is -4.31. The number of carbonyl (C=O) groups is 3. The fraction of sp³-hybridized carbons (Fsp3) is 0.733. The largest absolute Gasteiger partial charge is 0.545 e. The minimum atomic E-state index is -1.63. The molecule has 0 saturated carbocycles. The molecule has 0 N–H and O–H groups in total. The van der Waals surface area contributed by atoms with E-state index in [1.807, 2.05) is 21.1 Å². The molecule has 0 aromatic heterocycles. The van der Waals surface area contributed by atoms with E-state index < -0.39 is 24.3 Å². The minimum Gasteiger partial charge on any atom is -0.545 e. The number of carboxylic acids is 1. The van der Waals surface area contributed by atoms with Crippen LogP contribution in [0.5, 0.6) is 0 Å². The summed E-state index contributed by atoms with van der Waals surface area (Å²) in [7, 11) is 5.94. The highest BCUT2D eigenvalue weighted by molar-refractivity contribution is 5.70. The lowest BCUT2D eigenvalue weighted by Gasteiger charge is -2.26. The average molecular weight is 1330 g/mol. The molecule has 0 aliphatic heterocycles. The molecule has 0 saturated heterocycles. The van der Waals surface area contributed by atoms with E-state index in [2.05, 4.69) is 135 Å². The van der Waals surface area contributed by atoms with Gasteiger partial charge in [0.2, 0.25) is 0 Å². The van der Waals surface area contributed by atoms with E-state index in [9.17, 15) is 19.5 Å². The lowest BCUT2D eigenvalue weighted by molar-refractivity contribution is -0.870. The van der Waals surface area contributed by atoms with Gasteiger partial charge in [-0.2, -0.15) is 0 Å². The van der Waals surface area contributed by atoms with Crippen molar-refractivity contribution in [2.24, 2.45) is 0 Å². The zero-order valence-electron chi connectivity index (χ0n) is 62.5. The molecule has 0 aromatic rings. The molecular formula is C86H149NO8. The van der Waals surface area contributed by atoms with E-state index in [1.54, 1.807) is 0 Å². The minimum absolute atomic E-state index is 0.145. The van der Waals surface area contributed by atoms with Crippen LogP contribution in [-0.2, 0) is 33.3 Å². The van der Waals surface area contributed by atoms with Crippen molar-refractivity contribution in [3.8, 4) is 0 Å². The van der Waals surface area contributed by atoms with Crippen LogP contribution in [-0.4, -0.2) is 82.3 Å². The number of unbranched alkanes of at least 4 members (excludes halogenated alkanes) is 38. The summed E-state index contributed by atoms with van der Waals surface area (Å²) in [4.78, 5) is 37.6. The van der Waals surface area contributed by atoms with Crippen molar-refractivity contribution in [3.05, 3.63) is 122 Å². The normalized spacial score (nSPS) is 13.3. The standard InChI is InChI=1S/C86H149NO8/c1-6-8-10-12-14-16-18-20-22-24-26-28-30-32-34-36-38-39-40-41-42-43-44-45-47-48-50-52-54-56-58-60-62-64-66-68-70-72-74-76-83(88)93-80-82(81-94-86(85(90)91)92-79-78-87(3,4)5)95-84(89)77-75-73-71-69-67-65-63-61-59-57-55-53-51-49-46-37-35-33-31-29-27-25-23-21-19-17-15-13-11-9-7-2/h8-11,14-17,20-23,26-29,33,35,46,49,82,86H,6-7,12-13,18-19,24-25,30-32,34,36-45,47-48,50-81H2,1-5H3/b10-8-,11-9-,16-14-,17-15-,22-20-,23-21-,28-26-,29-27-,35-33-,49-46-. The van der Waals surface area contributed by atoms with Crippen molar-refractivity contribution < 1.29 is 42.9 Å². The van der Waals surface area contributed by atoms with Gasteiger partial charge in [0, 0.05) is 12.8 Å². The topological polar surface area (TPSA) is 111 Å². The van der Waals surface area contributed by atoms with Crippen LogP contribution < -0.4 is 5.11 Å². The monoisotopic (exact) mass is 1320 g/mol. The summed E-state index contributed by atoms with van der Waals surface area (Å²) in [5.41, 5.74) is 0. The average Bonchev–Trinajstić information content (AvgIpc) is 3.24. The molecule has 0 amide bonds. The highest BCUT2D eigenvalue weighted by atomic mass is 16.7. The summed E-state index contributed by atoms with van der Waals surface area (Å²) >= 11 is 0. The van der Waals surface area contributed by atoms with E-state index in [-0.39, 0.29) is 32.2 Å². The molecule has 0 spiro atoms. The Kier molecular flexibility index (Phi) is 72.0. The van der Waals surface area contributed by atoms with Crippen LogP contribution in [0.3, 0.4) is 0 Å². The van der Waals surface area contributed by atoms with Crippen molar-refractivity contribution in [3.63, 3.8) is 0 Å². The molecule has 9 nitrogen and oxygen atoms in total. The molecule has 0 bridgehead atoms. The number of hydrogen-bond acceptors (Lipinski definition) is 8. The van der Waals surface area contributed by atoms with Crippen LogP contribution in [0.15, 0.2) is 122 Å². The van der Waals surface area contributed by atoms with Gasteiger partial charge in [-0.3, -0.25) is 9.59 Å². The number of quaternary nitrogens is 1. The molecule has 2 unspecified atom stereocenters. The lowest BCUT2D eigenvalue weighted by atomic mass is 10.0. The number of hydrogen-bond donors (Lipinski definition) is 0. The fourth-order valence-corrected chi connectivity index (χ4v) is 11.2. The third kappa shape index (κ3) is 76.9. The Morgan fingerprint density at radius 3 is 0.842 bits per heavy atom. The second kappa shape index (κ2) is 75.5.